The third-order valence-electron chi connectivity index (χ3n) is 4.26. The molecule has 0 unspecified atom stereocenters. The van der Waals surface area contributed by atoms with E-state index >= 15 is 0 Å². The van der Waals surface area contributed by atoms with Crippen LogP contribution in [0, 0.1) is 0 Å². The van der Waals surface area contributed by atoms with Gasteiger partial charge in [0.05, 0.1) is 17.7 Å². The summed E-state index contributed by atoms with van der Waals surface area (Å²) in [5, 5.41) is 3.59. The maximum absolute atomic E-state index is 5.84. The van der Waals surface area contributed by atoms with Gasteiger partial charge in [-0.05, 0) is 73.4 Å². The van der Waals surface area contributed by atoms with E-state index in [-0.39, 0.29) is 6.10 Å². The lowest BCUT2D eigenvalue weighted by Gasteiger charge is -2.23. The SMILES string of the molecule is CCN1CCC[C@@H]1CNCc1cc(Br)c(OC(C)C)c(OC)c1. The summed E-state index contributed by atoms with van der Waals surface area (Å²) in [6.45, 7) is 10.5. The smallest absolute Gasteiger partial charge is 0.175 e. The molecule has 130 valence electrons. The molecule has 1 fully saturated rings. The monoisotopic (exact) mass is 384 g/mol. The molecule has 1 atom stereocenters. The number of likely N-dealkylation sites (N-methyl/N-ethyl adjacent to an activating group) is 1. The van der Waals surface area contributed by atoms with Crippen LogP contribution >= 0.6 is 15.9 Å². The Balaban J connectivity index is 1.96. The third-order valence-corrected chi connectivity index (χ3v) is 4.85. The molecule has 0 aromatic heterocycles. The van der Waals surface area contributed by atoms with E-state index in [0.29, 0.717) is 6.04 Å². The van der Waals surface area contributed by atoms with Crippen LogP contribution in [0.15, 0.2) is 16.6 Å². The van der Waals surface area contributed by atoms with E-state index in [9.17, 15) is 0 Å². The van der Waals surface area contributed by atoms with Crippen LogP contribution in [0.5, 0.6) is 11.5 Å². The van der Waals surface area contributed by atoms with Crippen LogP contribution in [0.4, 0.5) is 0 Å². The van der Waals surface area contributed by atoms with Gasteiger partial charge in [-0.25, -0.2) is 0 Å². The number of likely N-dealkylation sites (tertiary alicyclic amines) is 1. The molecule has 1 aliphatic rings. The van der Waals surface area contributed by atoms with Crippen molar-refractivity contribution in [2.45, 2.75) is 52.3 Å². The molecule has 1 aromatic carbocycles. The number of benzene rings is 1. The zero-order chi connectivity index (χ0) is 16.8. The summed E-state index contributed by atoms with van der Waals surface area (Å²) in [6.07, 6.45) is 2.74. The molecule has 0 bridgehead atoms. The fourth-order valence-electron chi connectivity index (χ4n) is 3.15. The predicted molar refractivity (Wildman–Crippen MR) is 98.4 cm³/mol. The Labute approximate surface area is 148 Å². The second-order valence-corrected chi connectivity index (χ2v) is 7.19. The number of hydrogen-bond donors (Lipinski definition) is 1. The molecule has 0 aliphatic carbocycles. The summed E-state index contributed by atoms with van der Waals surface area (Å²) >= 11 is 3.61. The van der Waals surface area contributed by atoms with Crippen molar-refractivity contribution >= 4 is 15.9 Å². The summed E-state index contributed by atoms with van der Waals surface area (Å²) in [5.41, 5.74) is 1.20. The van der Waals surface area contributed by atoms with E-state index in [1.807, 2.05) is 13.8 Å². The average Bonchev–Trinajstić information content (AvgIpc) is 2.96. The molecule has 1 heterocycles. The summed E-state index contributed by atoms with van der Waals surface area (Å²) < 4.78 is 12.3. The maximum atomic E-state index is 5.84. The molecule has 1 N–H and O–H groups in total. The lowest BCUT2D eigenvalue weighted by molar-refractivity contribution is 0.228. The van der Waals surface area contributed by atoms with Crippen molar-refractivity contribution in [2.75, 3.05) is 26.7 Å². The molecular weight excluding hydrogens is 356 g/mol. The Bertz CT molecular complexity index is 508. The molecule has 0 radical (unpaired) electrons. The van der Waals surface area contributed by atoms with E-state index in [1.54, 1.807) is 7.11 Å². The van der Waals surface area contributed by atoms with Crippen LogP contribution in [0.1, 0.15) is 39.2 Å². The van der Waals surface area contributed by atoms with Crippen LogP contribution < -0.4 is 14.8 Å². The molecule has 5 heteroatoms. The number of nitrogens with zero attached hydrogens (tertiary/aromatic N) is 1. The highest BCUT2D eigenvalue weighted by Crippen LogP contribution is 2.37. The average molecular weight is 385 g/mol. The van der Waals surface area contributed by atoms with E-state index in [4.69, 9.17) is 9.47 Å². The van der Waals surface area contributed by atoms with Gasteiger partial charge in [0, 0.05) is 19.1 Å². The minimum absolute atomic E-state index is 0.117. The Hall–Kier alpha value is -0.780. The highest BCUT2D eigenvalue weighted by Gasteiger charge is 2.22. The largest absolute Gasteiger partial charge is 0.493 e. The Morgan fingerprint density at radius 1 is 1.39 bits per heavy atom. The van der Waals surface area contributed by atoms with Gasteiger partial charge in [0.1, 0.15) is 0 Å². The minimum atomic E-state index is 0.117. The first-order valence-electron chi connectivity index (χ1n) is 8.53. The minimum Gasteiger partial charge on any atom is -0.493 e. The molecule has 1 aliphatic heterocycles. The fraction of sp³-hybridized carbons (Fsp3) is 0.667. The van der Waals surface area contributed by atoms with Crippen molar-refractivity contribution in [3.05, 3.63) is 22.2 Å². The molecule has 23 heavy (non-hydrogen) atoms. The number of ether oxygens (including phenoxy) is 2. The van der Waals surface area contributed by atoms with Gasteiger partial charge in [-0.2, -0.15) is 0 Å². The molecular formula is C18H29BrN2O2. The quantitative estimate of drug-likeness (QED) is 0.738. The van der Waals surface area contributed by atoms with Crippen molar-refractivity contribution in [1.82, 2.24) is 10.2 Å². The van der Waals surface area contributed by atoms with Crippen LogP contribution in [-0.2, 0) is 6.54 Å². The predicted octanol–water partition coefficient (Wildman–Crippen LogP) is 3.82. The lowest BCUT2D eigenvalue weighted by atomic mass is 10.1. The lowest BCUT2D eigenvalue weighted by Crippen LogP contribution is -2.37. The highest BCUT2D eigenvalue weighted by molar-refractivity contribution is 9.10. The number of methoxy groups -OCH3 is 1. The van der Waals surface area contributed by atoms with Gasteiger partial charge in [-0.3, -0.25) is 4.90 Å². The van der Waals surface area contributed by atoms with Crippen molar-refractivity contribution in [1.29, 1.82) is 0 Å². The first-order chi connectivity index (χ1) is 11.0. The first-order valence-corrected chi connectivity index (χ1v) is 9.32. The van der Waals surface area contributed by atoms with Gasteiger partial charge in [-0.15, -0.1) is 0 Å². The first kappa shape index (κ1) is 18.6. The second-order valence-electron chi connectivity index (χ2n) is 6.33. The van der Waals surface area contributed by atoms with Gasteiger partial charge in [0.15, 0.2) is 11.5 Å². The molecule has 0 amide bonds. The van der Waals surface area contributed by atoms with Gasteiger partial charge >= 0.3 is 0 Å². The van der Waals surface area contributed by atoms with Crippen LogP contribution in [0.2, 0.25) is 0 Å². The second kappa shape index (κ2) is 8.90. The van der Waals surface area contributed by atoms with E-state index < -0.39 is 0 Å². The standard InChI is InChI=1S/C18H29BrN2O2/c1-5-21-8-6-7-15(21)12-20-11-14-9-16(19)18(23-13(2)3)17(10-14)22-4/h9-10,13,15,20H,5-8,11-12H2,1-4H3/t15-/m1/s1. The zero-order valence-corrected chi connectivity index (χ0v) is 16.3. The fourth-order valence-corrected chi connectivity index (χ4v) is 3.73. The van der Waals surface area contributed by atoms with E-state index in [0.717, 1.165) is 35.6 Å². The van der Waals surface area contributed by atoms with Crippen LogP contribution in [0.3, 0.4) is 0 Å². The number of hydrogen-bond acceptors (Lipinski definition) is 4. The maximum Gasteiger partial charge on any atom is 0.175 e. The Kier molecular flexibility index (Phi) is 7.18. The number of rotatable bonds is 8. The Morgan fingerprint density at radius 2 is 2.17 bits per heavy atom. The molecule has 1 saturated heterocycles. The van der Waals surface area contributed by atoms with Gasteiger partial charge in [0.25, 0.3) is 0 Å². The summed E-state index contributed by atoms with van der Waals surface area (Å²) in [4.78, 5) is 2.56. The van der Waals surface area contributed by atoms with Gasteiger partial charge in [0.2, 0.25) is 0 Å². The van der Waals surface area contributed by atoms with Crippen LogP contribution in [0.25, 0.3) is 0 Å². The van der Waals surface area contributed by atoms with Gasteiger partial charge < -0.3 is 14.8 Å². The van der Waals surface area contributed by atoms with Gasteiger partial charge in [-0.1, -0.05) is 6.92 Å². The molecule has 0 saturated carbocycles. The van der Waals surface area contributed by atoms with Crippen molar-refractivity contribution in [2.24, 2.45) is 0 Å². The van der Waals surface area contributed by atoms with E-state index in [1.165, 1.54) is 24.9 Å². The number of halogens is 1. The Morgan fingerprint density at radius 3 is 2.83 bits per heavy atom. The normalized spacial score (nSPS) is 18.6. The number of nitrogens with one attached hydrogen (secondary N) is 1. The molecule has 2 rings (SSSR count). The van der Waals surface area contributed by atoms with Crippen LogP contribution in [-0.4, -0.2) is 43.8 Å². The zero-order valence-electron chi connectivity index (χ0n) is 14.7. The summed E-state index contributed by atoms with van der Waals surface area (Å²) in [7, 11) is 1.68. The van der Waals surface area contributed by atoms with Crippen molar-refractivity contribution in [3.8, 4) is 11.5 Å². The van der Waals surface area contributed by atoms with Crippen molar-refractivity contribution < 1.29 is 9.47 Å². The van der Waals surface area contributed by atoms with Crippen molar-refractivity contribution in [3.63, 3.8) is 0 Å². The summed E-state index contributed by atoms with van der Waals surface area (Å²) in [6, 6.07) is 4.84. The highest BCUT2D eigenvalue weighted by atomic mass is 79.9. The molecule has 1 aromatic rings. The molecule has 4 nitrogen and oxygen atoms in total. The van der Waals surface area contributed by atoms with E-state index in [2.05, 4.69) is 45.2 Å². The molecule has 0 spiro atoms. The topological polar surface area (TPSA) is 33.7 Å². The third kappa shape index (κ3) is 5.10. The summed E-state index contributed by atoms with van der Waals surface area (Å²) in [5.74, 6) is 1.56.